The number of hydrogen-bond donors (Lipinski definition) is 2. The van der Waals surface area contributed by atoms with Gasteiger partial charge in [-0.1, -0.05) is 6.92 Å². The second-order valence-electron chi connectivity index (χ2n) is 7.79. The second kappa shape index (κ2) is 10.3. The summed E-state index contributed by atoms with van der Waals surface area (Å²) in [6.07, 6.45) is 0.192. The molecule has 4 atom stereocenters. The number of halogens is 2. The fraction of sp³-hybridized carbons (Fsp3) is 0.619. The van der Waals surface area contributed by atoms with Crippen LogP contribution in [0.5, 0.6) is 0 Å². The lowest BCUT2D eigenvalue weighted by Gasteiger charge is -2.44. The van der Waals surface area contributed by atoms with Crippen LogP contribution in [0.4, 0.5) is 8.78 Å². The van der Waals surface area contributed by atoms with Crippen molar-refractivity contribution >= 4 is 11.8 Å². The Morgan fingerprint density at radius 1 is 1.20 bits per heavy atom. The van der Waals surface area contributed by atoms with Crippen molar-refractivity contribution in [2.75, 3.05) is 19.8 Å². The quantitative estimate of drug-likeness (QED) is 0.746. The number of rotatable bonds is 5. The van der Waals surface area contributed by atoms with E-state index in [1.165, 1.54) is 12.1 Å². The van der Waals surface area contributed by atoms with Crippen LogP contribution >= 0.6 is 0 Å². The van der Waals surface area contributed by atoms with Gasteiger partial charge in [-0.05, 0) is 30.5 Å². The zero-order chi connectivity index (χ0) is 21.7. The minimum absolute atomic E-state index is 0.0199. The molecule has 2 aliphatic heterocycles. The highest BCUT2D eigenvalue weighted by atomic mass is 19.1. The van der Waals surface area contributed by atoms with Crippen LogP contribution in [0.1, 0.15) is 38.2 Å². The Morgan fingerprint density at radius 3 is 2.63 bits per heavy atom. The third-order valence-corrected chi connectivity index (χ3v) is 5.43. The van der Waals surface area contributed by atoms with Crippen molar-refractivity contribution < 1.29 is 33.0 Å². The normalized spacial score (nSPS) is 27.0. The first-order chi connectivity index (χ1) is 14.4. The molecule has 0 spiro atoms. The number of benzene rings is 1. The van der Waals surface area contributed by atoms with Crippen molar-refractivity contribution in [1.29, 1.82) is 0 Å². The molecule has 2 saturated heterocycles. The minimum atomic E-state index is -0.738. The van der Waals surface area contributed by atoms with E-state index < -0.39 is 17.7 Å². The van der Waals surface area contributed by atoms with Crippen molar-refractivity contribution in [3.8, 4) is 0 Å². The maximum atomic E-state index is 13.3. The lowest BCUT2D eigenvalue weighted by Crippen LogP contribution is -2.57. The van der Waals surface area contributed by atoms with E-state index in [9.17, 15) is 23.5 Å². The van der Waals surface area contributed by atoms with Crippen LogP contribution in [-0.2, 0) is 25.6 Å². The molecule has 30 heavy (non-hydrogen) atoms. The van der Waals surface area contributed by atoms with E-state index in [1.807, 2.05) is 0 Å². The monoisotopic (exact) mass is 426 g/mol. The predicted octanol–water partition coefficient (Wildman–Crippen LogP) is 1.52. The molecule has 0 bridgehead atoms. The molecule has 166 valence electrons. The van der Waals surface area contributed by atoms with Gasteiger partial charge in [0.15, 0.2) is 0 Å². The zero-order valence-corrected chi connectivity index (χ0v) is 17.0. The lowest BCUT2D eigenvalue weighted by molar-refractivity contribution is -0.169. The number of carbonyl (C=O) groups is 2. The van der Waals surface area contributed by atoms with Gasteiger partial charge in [0.1, 0.15) is 17.7 Å². The van der Waals surface area contributed by atoms with Crippen molar-refractivity contribution in [2.45, 2.75) is 63.5 Å². The Morgan fingerprint density at radius 2 is 1.93 bits per heavy atom. The van der Waals surface area contributed by atoms with E-state index in [0.29, 0.717) is 24.8 Å². The Labute approximate surface area is 174 Å². The van der Waals surface area contributed by atoms with Gasteiger partial charge in [-0.25, -0.2) is 8.78 Å². The molecule has 0 saturated carbocycles. The molecule has 2 heterocycles. The van der Waals surface area contributed by atoms with Crippen molar-refractivity contribution in [3.05, 3.63) is 35.4 Å². The Bertz CT molecular complexity index is 743. The molecule has 7 nitrogen and oxygen atoms in total. The summed E-state index contributed by atoms with van der Waals surface area (Å²) in [5, 5.41) is 12.7. The molecule has 1 aromatic rings. The van der Waals surface area contributed by atoms with E-state index in [4.69, 9.17) is 9.47 Å². The summed E-state index contributed by atoms with van der Waals surface area (Å²) in [4.78, 5) is 26.3. The number of ether oxygens (including phenoxy) is 2. The predicted molar refractivity (Wildman–Crippen MR) is 103 cm³/mol. The van der Waals surface area contributed by atoms with Crippen LogP contribution < -0.4 is 5.32 Å². The topological polar surface area (TPSA) is 88.1 Å². The number of nitrogens with one attached hydrogen (secondary N) is 1. The number of aliphatic hydroxyl groups is 1. The first-order valence-electron chi connectivity index (χ1n) is 10.3. The van der Waals surface area contributed by atoms with E-state index in [0.717, 1.165) is 6.07 Å². The van der Waals surface area contributed by atoms with Gasteiger partial charge in [0.05, 0.1) is 37.9 Å². The first-order valence-corrected chi connectivity index (χ1v) is 10.3. The van der Waals surface area contributed by atoms with Crippen LogP contribution in [0.15, 0.2) is 18.2 Å². The molecule has 2 N–H and O–H groups in total. The number of amides is 2. The van der Waals surface area contributed by atoms with E-state index in [1.54, 1.807) is 11.8 Å². The molecule has 9 heteroatoms. The summed E-state index contributed by atoms with van der Waals surface area (Å²) in [6.45, 7) is 2.35. The van der Waals surface area contributed by atoms with Gasteiger partial charge in [0.25, 0.3) is 0 Å². The summed E-state index contributed by atoms with van der Waals surface area (Å²) in [6, 6.07) is 2.91. The maximum absolute atomic E-state index is 13.3. The highest BCUT2D eigenvalue weighted by Gasteiger charge is 2.39. The average Bonchev–Trinajstić information content (AvgIpc) is 2.68. The van der Waals surface area contributed by atoms with Crippen molar-refractivity contribution in [2.24, 2.45) is 0 Å². The standard InChI is InChI=1S/C21H28F2N2O5/c1-2-21(28)25-10-16(26)11-29-12-19-18(25)4-3-17(30-19)8-20(27)24-9-13-5-14(22)7-15(23)6-13/h5-7,16-19,26H,2-4,8-12H2,1H3,(H,24,27)/t16-,17-,18-,19+/m1/s1. The first kappa shape index (κ1) is 22.6. The van der Waals surface area contributed by atoms with Crippen molar-refractivity contribution in [3.63, 3.8) is 0 Å². The Kier molecular flexibility index (Phi) is 7.74. The van der Waals surface area contributed by atoms with Crippen LogP contribution in [-0.4, -0.2) is 65.9 Å². The van der Waals surface area contributed by atoms with Gasteiger partial charge in [0, 0.05) is 25.6 Å². The van der Waals surface area contributed by atoms with Gasteiger partial charge in [-0.2, -0.15) is 0 Å². The minimum Gasteiger partial charge on any atom is -0.389 e. The van der Waals surface area contributed by atoms with Gasteiger partial charge >= 0.3 is 0 Å². The number of β-amino-alcohol motifs (C(OH)–C–C–N with tert-alkyl or cyclic N) is 1. The van der Waals surface area contributed by atoms with Crippen LogP contribution in [0.2, 0.25) is 0 Å². The Balaban J connectivity index is 1.55. The van der Waals surface area contributed by atoms with Crippen LogP contribution in [0.25, 0.3) is 0 Å². The summed E-state index contributed by atoms with van der Waals surface area (Å²) < 4.78 is 38.1. The molecule has 3 rings (SSSR count). The number of hydrogen-bond acceptors (Lipinski definition) is 5. The van der Waals surface area contributed by atoms with Gasteiger partial charge in [-0.15, -0.1) is 0 Å². The molecule has 2 amide bonds. The van der Waals surface area contributed by atoms with E-state index >= 15 is 0 Å². The number of carbonyl (C=O) groups excluding carboxylic acids is 2. The molecular weight excluding hydrogens is 398 g/mol. The zero-order valence-electron chi connectivity index (χ0n) is 17.0. The molecule has 0 aliphatic carbocycles. The second-order valence-corrected chi connectivity index (χ2v) is 7.79. The lowest BCUT2D eigenvalue weighted by atomic mass is 9.94. The highest BCUT2D eigenvalue weighted by molar-refractivity contribution is 5.77. The molecule has 1 aromatic carbocycles. The number of fused-ring (bicyclic) bond motifs is 1. The van der Waals surface area contributed by atoms with Crippen molar-refractivity contribution in [1.82, 2.24) is 10.2 Å². The van der Waals surface area contributed by atoms with E-state index in [2.05, 4.69) is 5.32 Å². The SMILES string of the molecule is CCC(=O)N1C[C@@H](O)COC[C@@H]2O[C@@H](CC(=O)NCc3cc(F)cc(F)c3)CC[C@H]21. The van der Waals surface area contributed by atoms with Gasteiger partial charge < -0.3 is 24.8 Å². The van der Waals surface area contributed by atoms with Crippen LogP contribution in [0.3, 0.4) is 0 Å². The average molecular weight is 426 g/mol. The third kappa shape index (κ3) is 5.96. The summed E-state index contributed by atoms with van der Waals surface area (Å²) in [7, 11) is 0. The van der Waals surface area contributed by atoms with E-state index in [-0.39, 0.29) is 62.8 Å². The number of aliphatic hydroxyl groups excluding tert-OH is 1. The molecular formula is C21H28F2N2O5. The molecule has 0 unspecified atom stereocenters. The molecule has 2 fully saturated rings. The number of nitrogens with zero attached hydrogens (tertiary/aromatic N) is 1. The third-order valence-electron chi connectivity index (χ3n) is 5.43. The largest absolute Gasteiger partial charge is 0.389 e. The summed E-state index contributed by atoms with van der Waals surface area (Å²) >= 11 is 0. The highest BCUT2D eigenvalue weighted by Crippen LogP contribution is 2.28. The molecule has 0 aromatic heterocycles. The maximum Gasteiger partial charge on any atom is 0.222 e. The van der Waals surface area contributed by atoms with Gasteiger partial charge in [0.2, 0.25) is 11.8 Å². The summed E-state index contributed by atoms with van der Waals surface area (Å²) in [5.74, 6) is -1.72. The smallest absolute Gasteiger partial charge is 0.222 e. The summed E-state index contributed by atoms with van der Waals surface area (Å²) in [5.41, 5.74) is 0.339. The van der Waals surface area contributed by atoms with Gasteiger partial charge in [-0.3, -0.25) is 9.59 Å². The molecule has 2 aliphatic rings. The Hall–Kier alpha value is -2.10. The molecule has 0 radical (unpaired) electrons. The fourth-order valence-corrected chi connectivity index (χ4v) is 4.02. The fourth-order valence-electron chi connectivity index (χ4n) is 4.02. The van der Waals surface area contributed by atoms with Crippen LogP contribution in [0, 0.1) is 11.6 Å².